The van der Waals surface area contributed by atoms with Crippen molar-refractivity contribution in [3.05, 3.63) is 83.1 Å². The SMILES string of the molecule is COc1ccc(CN(CC(C)C)C(=O)Nc2ccc(Cl)cc2)cc1OS(=O)(=O)c1ccc(F)cc1. The third-order valence-corrected chi connectivity index (χ3v) is 6.37. The number of nitrogens with one attached hydrogen (secondary N) is 1. The summed E-state index contributed by atoms with van der Waals surface area (Å²) in [5, 5.41) is 3.40. The number of carbonyl (C=O) groups is 1. The number of rotatable bonds is 9. The molecule has 3 aromatic carbocycles. The Hall–Kier alpha value is -3.30. The van der Waals surface area contributed by atoms with Gasteiger partial charge in [0, 0.05) is 23.8 Å². The van der Waals surface area contributed by atoms with Gasteiger partial charge in [0.15, 0.2) is 11.5 Å². The second kappa shape index (κ2) is 11.4. The van der Waals surface area contributed by atoms with Gasteiger partial charge in [0.25, 0.3) is 0 Å². The van der Waals surface area contributed by atoms with Crippen molar-refractivity contribution >= 4 is 33.4 Å². The fourth-order valence-electron chi connectivity index (χ4n) is 3.27. The number of nitrogens with zero attached hydrogens (tertiary/aromatic N) is 1. The van der Waals surface area contributed by atoms with Crippen LogP contribution in [0.4, 0.5) is 14.9 Å². The molecule has 0 atom stereocenters. The Labute approximate surface area is 209 Å². The van der Waals surface area contributed by atoms with E-state index in [4.69, 9.17) is 20.5 Å². The molecule has 3 aromatic rings. The van der Waals surface area contributed by atoms with Gasteiger partial charge in [0.05, 0.1) is 7.11 Å². The van der Waals surface area contributed by atoms with Gasteiger partial charge < -0.3 is 19.1 Å². The van der Waals surface area contributed by atoms with Crippen molar-refractivity contribution in [1.82, 2.24) is 4.90 Å². The first-order valence-corrected chi connectivity index (χ1v) is 12.5. The van der Waals surface area contributed by atoms with Crippen LogP contribution in [-0.2, 0) is 16.7 Å². The normalized spacial score (nSPS) is 11.3. The molecule has 0 spiro atoms. The molecular formula is C25H26ClFN2O5S. The van der Waals surface area contributed by atoms with Gasteiger partial charge in [-0.2, -0.15) is 8.42 Å². The lowest BCUT2D eigenvalue weighted by atomic mass is 10.1. The molecule has 0 unspecified atom stereocenters. The summed E-state index contributed by atoms with van der Waals surface area (Å²) in [6.07, 6.45) is 0. The number of methoxy groups -OCH3 is 1. The van der Waals surface area contributed by atoms with E-state index in [2.05, 4.69) is 5.32 Å². The summed E-state index contributed by atoms with van der Waals surface area (Å²) >= 11 is 5.91. The van der Waals surface area contributed by atoms with Crippen LogP contribution in [0.3, 0.4) is 0 Å². The van der Waals surface area contributed by atoms with Crippen molar-refractivity contribution in [3.8, 4) is 11.5 Å². The molecule has 7 nitrogen and oxygen atoms in total. The second-order valence-corrected chi connectivity index (χ2v) is 10.2. The molecule has 0 aliphatic carbocycles. The van der Waals surface area contributed by atoms with Crippen LogP contribution in [0.1, 0.15) is 19.4 Å². The van der Waals surface area contributed by atoms with Gasteiger partial charge >= 0.3 is 16.1 Å². The minimum absolute atomic E-state index is 0.0445. The zero-order valence-electron chi connectivity index (χ0n) is 19.5. The molecule has 0 fully saturated rings. The Kier molecular flexibility index (Phi) is 8.58. The predicted octanol–water partition coefficient (Wildman–Crippen LogP) is 5.95. The van der Waals surface area contributed by atoms with E-state index in [9.17, 15) is 17.6 Å². The molecule has 0 aliphatic rings. The molecule has 1 N–H and O–H groups in total. The molecule has 0 bridgehead atoms. The van der Waals surface area contributed by atoms with Crippen molar-refractivity contribution < 1.29 is 26.5 Å². The van der Waals surface area contributed by atoms with Crippen LogP contribution in [0.5, 0.6) is 11.5 Å². The van der Waals surface area contributed by atoms with Crippen LogP contribution < -0.4 is 14.2 Å². The Balaban J connectivity index is 1.84. The lowest BCUT2D eigenvalue weighted by Gasteiger charge is -2.25. The minimum Gasteiger partial charge on any atom is -0.493 e. The highest BCUT2D eigenvalue weighted by molar-refractivity contribution is 7.87. The molecular weight excluding hydrogens is 495 g/mol. The van der Waals surface area contributed by atoms with E-state index in [-0.39, 0.29) is 34.9 Å². The number of halogens is 2. The van der Waals surface area contributed by atoms with Crippen LogP contribution in [0.2, 0.25) is 5.02 Å². The highest BCUT2D eigenvalue weighted by atomic mass is 35.5. The third-order valence-electron chi connectivity index (χ3n) is 4.87. The Morgan fingerprint density at radius 1 is 1.03 bits per heavy atom. The minimum atomic E-state index is -4.24. The number of hydrogen-bond acceptors (Lipinski definition) is 5. The van der Waals surface area contributed by atoms with Crippen molar-refractivity contribution in [2.45, 2.75) is 25.3 Å². The molecule has 0 aromatic heterocycles. The molecule has 3 rings (SSSR count). The van der Waals surface area contributed by atoms with Gasteiger partial charge in [-0.1, -0.05) is 31.5 Å². The fourth-order valence-corrected chi connectivity index (χ4v) is 4.33. The monoisotopic (exact) mass is 520 g/mol. The summed E-state index contributed by atoms with van der Waals surface area (Å²) < 4.78 is 49.2. The topological polar surface area (TPSA) is 84.9 Å². The summed E-state index contributed by atoms with van der Waals surface area (Å²) in [4.78, 5) is 14.4. The quantitative estimate of drug-likeness (QED) is 0.353. The Morgan fingerprint density at radius 2 is 1.69 bits per heavy atom. The number of benzene rings is 3. The third kappa shape index (κ3) is 7.34. The number of amides is 2. The standard InChI is InChI=1S/C25H26ClFN2O5S/c1-17(2)15-29(25(30)28-21-9-5-19(26)6-10-21)16-18-4-13-23(33-3)24(14-18)34-35(31,32)22-11-7-20(27)8-12-22/h4-14,17H,15-16H2,1-3H3,(H,28,30). The van der Waals surface area contributed by atoms with E-state index in [1.165, 1.54) is 13.2 Å². The summed E-state index contributed by atoms with van der Waals surface area (Å²) in [5.41, 5.74) is 1.22. The van der Waals surface area contributed by atoms with Crippen LogP contribution in [0.25, 0.3) is 0 Å². The first-order valence-electron chi connectivity index (χ1n) is 10.8. The summed E-state index contributed by atoms with van der Waals surface area (Å²) in [6.45, 7) is 4.62. The summed E-state index contributed by atoms with van der Waals surface area (Å²) in [7, 11) is -2.85. The van der Waals surface area contributed by atoms with Crippen molar-refractivity contribution in [3.63, 3.8) is 0 Å². The summed E-state index contributed by atoms with van der Waals surface area (Å²) in [5.74, 6) is -0.234. The average Bonchev–Trinajstić information content (AvgIpc) is 2.80. The predicted molar refractivity (Wildman–Crippen MR) is 133 cm³/mol. The molecule has 0 heterocycles. The lowest BCUT2D eigenvalue weighted by Crippen LogP contribution is -2.37. The van der Waals surface area contributed by atoms with Crippen molar-refractivity contribution in [2.24, 2.45) is 5.92 Å². The Bertz CT molecular complexity index is 1270. The van der Waals surface area contributed by atoms with Gasteiger partial charge in [-0.3, -0.25) is 0 Å². The highest BCUT2D eigenvalue weighted by Gasteiger charge is 2.21. The van der Waals surface area contributed by atoms with E-state index in [1.807, 2.05) is 13.8 Å². The number of ether oxygens (including phenoxy) is 1. The molecule has 186 valence electrons. The number of urea groups is 1. The molecule has 0 aliphatic heterocycles. The zero-order valence-corrected chi connectivity index (χ0v) is 21.1. The van der Waals surface area contributed by atoms with Gasteiger partial charge in [0.1, 0.15) is 10.7 Å². The van der Waals surface area contributed by atoms with Gasteiger partial charge in [-0.25, -0.2) is 9.18 Å². The van der Waals surface area contributed by atoms with E-state index in [0.29, 0.717) is 22.8 Å². The average molecular weight is 521 g/mol. The first kappa shape index (κ1) is 26.3. The maximum Gasteiger partial charge on any atom is 0.339 e. The second-order valence-electron chi connectivity index (χ2n) is 8.19. The van der Waals surface area contributed by atoms with Crippen LogP contribution in [0, 0.1) is 11.7 Å². The molecule has 35 heavy (non-hydrogen) atoms. The van der Waals surface area contributed by atoms with Crippen molar-refractivity contribution in [2.75, 3.05) is 19.0 Å². The smallest absolute Gasteiger partial charge is 0.339 e. The van der Waals surface area contributed by atoms with E-state index < -0.39 is 15.9 Å². The van der Waals surface area contributed by atoms with Gasteiger partial charge in [-0.05, 0) is 72.1 Å². The van der Waals surface area contributed by atoms with E-state index in [1.54, 1.807) is 41.3 Å². The van der Waals surface area contributed by atoms with Crippen LogP contribution >= 0.6 is 11.6 Å². The van der Waals surface area contributed by atoms with Crippen LogP contribution in [-0.4, -0.2) is 33.0 Å². The fraction of sp³-hybridized carbons (Fsp3) is 0.240. The van der Waals surface area contributed by atoms with Crippen molar-refractivity contribution in [1.29, 1.82) is 0 Å². The number of carbonyl (C=O) groups excluding carboxylic acids is 1. The van der Waals surface area contributed by atoms with E-state index in [0.717, 1.165) is 24.3 Å². The molecule has 0 radical (unpaired) electrons. The largest absolute Gasteiger partial charge is 0.493 e. The summed E-state index contributed by atoms with van der Waals surface area (Å²) in [6, 6.07) is 15.5. The Morgan fingerprint density at radius 3 is 2.29 bits per heavy atom. The maximum atomic E-state index is 13.2. The highest BCUT2D eigenvalue weighted by Crippen LogP contribution is 2.31. The molecule has 2 amide bonds. The van der Waals surface area contributed by atoms with Crippen LogP contribution in [0.15, 0.2) is 71.6 Å². The first-order chi connectivity index (χ1) is 16.6. The number of hydrogen-bond donors (Lipinski definition) is 1. The zero-order chi connectivity index (χ0) is 25.6. The van der Waals surface area contributed by atoms with Gasteiger partial charge in [0.2, 0.25) is 0 Å². The van der Waals surface area contributed by atoms with Gasteiger partial charge in [-0.15, -0.1) is 0 Å². The lowest BCUT2D eigenvalue weighted by molar-refractivity contribution is 0.201. The molecule has 0 saturated carbocycles. The molecule has 10 heteroatoms. The number of anilines is 1. The molecule has 0 saturated heterocycles. The van der Waals surface area contributed by atoms with E-state index >= 15 is 0 Å². The maximum absolute atomic E-state index is 13.2.